The smallest absolute Gasteiger partial charge is 0.335 e. The molecule has 1 aliphatic rings. The standard InChI is InChI=1S/C15H19N3O2/c1-2-17-7-3-4-12(9-17)18-10-16-13-8-11(15(19)20)5-6-14(13)18/h5-6,8,10,12H,2-4,7,9H2,1H3,(H,19,20). The molecule has 1 aromatic carbocycles. The molecule has 0 aliphatic carbocycles. The van der Waals surface area contributed by atoms with Gasteiger partial charge in [-0.15, -0.1) is 0 Å². The third-order valence-electron chi connectivity index (χ3n) is 4.14. The number of imidazole rings is 1. The van der Waals surface area contributed by atoms with Crippen molar-refractivity contribution in [3.63, 3.8) is 0 Å². The van der Waals surface area contributed by atoms with E-state index in [1.54, 1.807) is 12.1 Å². The van der Waals surface area contributed by atoms with Gasteiger partial charge in [0.1, 0.15) is 0 Å². The lowest BCUT2D eigenvalue weighted by atomic mass is 10.1. The molecule has 1 unspecified atom stereocenters. The minimum Gasteiger partial charge on any atom is -0.478 e. The Morgan fingerprint density at radius 2 is 2.35 bits per heavy atom. The average Bonchev–Trinajstić information content (AvgIpc) is 2.90. The van der Waals surface area contributed by atoms with E-state index in [0.717, 1.165) is 30.5 Å². The third-order valence-corrected chi connectivity index (χ3v) is 4.14. The van der Waals surface area contributed by atoms with Crippen LogP contribution in [0.25, 0.3) is 11.0 Å². The Bertz CT molecular complexity index is 635. The van der Waals surface area contributed by atoms with Gasteiger partial charge in [0.05, 0.1) is 22.9 Å². The van der Waals surface area contributed by atoms with Crippen LogP contribution in [-0.2, 0) is 0 Å². The third kappa shape index (κ3) is 2.29. The molecule has 0 radical (unpaired) electrons. The normalized spacial score (nSPS) is 20.4. The van der Waals surface area contributed by atoms with Crippen LogP contribution in [0.2, 0.25) is 0 Å². The fourth-order valence-corrected chi connectivity index (χ4v) is 3.00. The minimum absolute atomic E-state index is 0.293. The Balaban J connectivity index is 1.94. The van der Waals surface area contributed by atoms with E-state index in [1.165, 1.54) is 13.0 Å². The van der Waals surface area contributed by atoms with Crippen molar-refractivity contribution < 1.29 is 9.90 Å². The van der Waals surface area contributed by atoms with Crippen molar-refractivity contribution in [2.75, 3.05) is 19.6 Å². The summed E-state index contributed by atoms with van der Waals surface area (Å²) < 4.78 is 2.20. The lowest BCUT2D eigenvalue weighted by Gasteiger charge is -2.32. The molecule has 106 valence electrons. The van der Waals surface area contributed by atoms with Gasteiger partial charge in [0.25, 0.3) is 0 Å². The Morgan fingerprint density at radius 3 is 3.10 bits per heavy atom. The summed E-state index contributed by atoms with van der Waals surface area (Å²) in [6, 6.07) is 5.61. The number of benzene rings is 1. The highest BCUT2D eigenvalue weighted by atomic mass is 16.4. The molecule has 1 N–H and O–H groups in total. The highest BCUT2D eigenvalue weighted by Crippen LogP contribution is 2.26. The molecule has 2 aromatic rings. The largest absolute Gasteiger partial charge is 0.478 e. The van der Waals surface area contributed by atoms with Gasteiger partial charge in [-0.25, -0.2) is 9.78 Å². The van der Waals surface area contributed by atoms with Crippen molar-refractivity contribution >= 4 is 17.0 Å². The first kappa shape index (κ1) is 13.1. The van der Waals surface area contributed by atoms with E-state index >= 15 is 0 Å². The van der Waals surface area contributed by atoms with E-state index in [4.69, 9.17) is 5.11 Å². The van der Waals surface area contributed by atoms with Crippen molar-refractivity contribution in [1.29, 1.82) is 0 Å². The summed E-state index contributed by atoms with van der Waals surface area (Å²) in [7, 11) is 0. The Morgan fingerprint density at radius 1 is 1.50 bits per heavy atom. The quantitative estimate of drug-likeness (QED) is 0.933. The predicted octanol–water partition coefficient (Wildman–Crippen LogP) is 2.39. The number of fused-ring (bicyclic) bond motifs is 1. The van der Waals surface area contributed by atoms with Crippen LogP contribution in [0.1, 0.15) is 36.2 Å². The number of hydrogen-bond acceptors (Lipinski definition) is 3. The first-order valence-electron chi connectivity index (χ1n) is 7.11. The van der Waals surface area contributed by atoms with Crippen LogP contribution in [0.3, 0.4) is 0 Å². The maximum absolute atomic E-state index is 11.0. The van der Waals surface area contributed by atoms with Crippen LogP contribution in [0.15, 0.2) is 24.5 Å². The number of hydrogen-bond donors (Lipinski definition) is 1. The van der Waals surface area contributed by atoms with E-state index in [-0.39, 0.29) is 0 Å². The highest BCUT2D eigenvalue weighted by molar-refractivity contribution is 5.92. The number of carboxylic acids is 1. The van der Waals surface area contributed by atoms with Crippen LogP contribution in [-0.4, -0.2) is 45.2 Å². The zero-order chi connectivity index (χ0) is 14.1. The predicted molar refractivity (Wildman–Crippen MR) is 77.1 cm³/mol. The molecule has 2 heterocycles. The van der Waals surface area contributed by atoms with Gasteiger partial charge >= 0.3 is 5.97 Å². The number of rotatable bonds is 3. The molecule has 1 saturated heterocycles. The Kier molecular flexibility index (Phi) is 3.44. The number of carboxylic acid groups (broad SMARTS) is 1. The van der Waals surface area contributed by atoms with Gasteiger partial charge in [-0.05, 0) is 44.1 Å². The molecule has 3 rings (SSSR count). The van der Waals surface area contributed by atoms with Gasteiger partial charge in [-0.2, -0.15) is 0 Å². The molecule has 5 heteroatoms. The molecule has 1 atom stereocenters. The van der Waals surface area contributed by atoms with Crippen LogP contribution in [0.5, 0.6) is 0 Å². The maximum Gasteiger partial charge on any atom is 0.335 e. The molecule has 5 nitrogen and oxygen atoms in total. The molecule has 1 fully saturated rings. The molecule has 1 aliphatic heterocycles. The number of nitrogens with zero attached hydrogens (tertiary/aromatic N) is 3. The topological polar surface area (TPSA) is 58.4 Å². The monoisotopic (exact) mass is 273 g/mol. The van der Waals surface area contributed by atoms with Crippen molar-refractivity contribution in [1.82, 2.24) is 14.5 Å². The van der Waals surface area contributed by atoms with E-state index in [2.05, 4.69) is 21.4 Å². The molecule has 1 aromatic heterocycles. The van der Waals surface area contributed by atoms with E-state index in [9.17, 15) is 4.79 Å². The second kappa shape index (κ2) is 5.25. The van der Waals surface area contributed by atoms with Gasteiger partial charge in [0.15, 0.2) is 0 Å². The second-order valence-electron chi connectivity index (χ2n) is 5.35. The van der Waals surface area contributed by atoms with Crippen molar-refractivity contribution in [3.8, 4) is 0 Å². The highest BCUT2D eigenvalue weighted by Gasteiger charge is 2.21. The van der Waals surface area contributed by atoms with Gasteiger partial charge in [-0.1, -0.05) is 6.92 Å². The summed E-state index contributed by atoms with van der Waals surface area (Å²) in [4.78, 5) is 17.8. The number of aromatic nitrogens is 2. The summed E-state index contributed by atoms with van der Waals surface area (Å²) in [6.45, 7) is 5.48. The van der Waals surface area contributed by atoms with E-state index in [1.807, 2.05) is 12.4 Å². The number of piperidine rings is 1. The molecule has 0 amide bonds. The Hall–Kier alpha value is -1.88. The first-order chi connectivity index (χ1) is 9.69. The number of likely N-dealkylation sites (tertiary alicyclic amines) is 1. The molecule has 0 bridgehead atoms. The number of aromatic carboxylic acids is 1. The van der Waals surface area contributed by atoms with E-state index < -0.39 is 5.97 Å². The SMILES string of the molecule is CCN1CCCC(n2cnc3cc(C(=O)O)ccc32)C1. The summed E-state index contributed by atoms with van der Waals surface area (Å²) >= 11 is 0. The first-order valence-corrected chi connectivity index (χ1v) is 7.11. The second-order valence-corrected chi connectivity index (χ2v) is 5.35. The van der Waals surface area contributed by atoms with Crippen LogP contribution in [0, 0.1) is 0 Å². The number of likely N-dealkylation sites (N-methyl/N-ethyl adjacent to an activating group) is 1. The summed E-state index contributed by atoms with van der Waals surface area (Å²) in [5.41, 5.74) is 2.08. The lowest BCUT2D eigenvalue weighted by Crippen LogP contribution is -2.36. The maximum atomic E-state index is 11.0. The van der Waals surface area contributed by atoms with Crippen molar-refractivity contribution in [2.45, 2.75) is 25.8 Å². The summed E-state index contributed by atoms with van der Waals surface area (Å²) in [6.07, 6.45) is 4.20. The van der Waals surface area contributed by atoms with Gasteiger partial charge in [0, 0.05) is 12.6 Å². The van der Waals surface area contributed by atoms with Crippen molar-refractivity contribution in [2.24, 2.45) is 0 Å². The minimum atomic E-state index is -0.906. The fourth-order valence-electron chi connectivity index (χ4n) is 3.00. The Labute approximate surface area is 117 Å². The van der Waals surface area contributed by atoms with E-state index in [0.29, 0.717) is 11.6 Å². The summed E-state index contributed by atoms with van der Waals surface area (Å²) in [5.74, 6) is -0.906. The zero-order valence-electron chi connectivity index (χ0n) is 11.6. The molecular formula is C15H19N3O2. The van der Waals surface area contributed by atoms with Crippen LogP contribution in [0.4, 0.5) is 0 Å². The number of carbonyl (C=O) groups is 1. The summed E-state index contributed by atoms with van der Waals surface area (Å²) in [5, 5.41) is 9.03. The van der Waals surface area contributed by atoms with Gasteiger partial charge in [0.2, 0.25) is 0 Å². The molecular weight excluding hydrogens is 254 g/mol. The van der Waals surface area contributed by atoms with Crippen LogP contribution < -0.4 is 0 Å². The molecule has 20 heavy (non-hydrogen) atoms. The van der Waals surface area contributed by atoms with Gasteiger partial charge < -0.3 is 14.6 Å². The zero-order valence-corrected chi connectivity index (χ0v) is 11.6. The van der Waals surface area contributed by atoms with Crippen LogP contribution >= 0.6 is 0 Å². The fraction of sp³-hybridized carbons (Fsp3) is 0.467. The molecule has 0 saturated carbocycles. The lowest BCUT2D eigenvalue weighted by molar-refractivity contribution is 0.0697. The van der Waals surface area contributed by atoms with Crippen molar-refractivity contribution in [3.05, 3.63) is 30.1 Å². The average molecular weight is 273 g/mol. The molecule has 0 spiro atoms. The van der Waals surface area contributed by atoms with Gasteiger partial charge in [-0.3, -0.25) is 0 Å².